The van der Waals surface area contributed by atoms with E-state index < -0.39 is 10.0 Å². The van der Waals surface area contributed by atoms with Gasteiger partial charge in [0.25, 0.3) is 10.0 Å². The van der Waals surface area contributed by atoms with Crippen LogP contribution in [0.15, 0.2) is 41.3 Å². The zero-order valence-corrected chi connectivity index (χ0v) is 14.9. The van der Waals surface area contributed by atoms with Crippen LogP contribution in [0.1, 0.15) is 16.8 Å². The molecule has 0 saturated heterocycles. The molecule has 0 atom stereocenters. The molecule has 2 aromatic rings. The molecular weight excluding hydrogens is 358 g/mol. The number of carbonyl (C=O) groups is 1. The Balaban J connectivity index is 1.78. The number of hydrogen-bond donors (Lipinski definition) is 0. The van der Waals surface area contributed by atoms with E-state index in [1.807, 2.05) is 0 Å². The Morgan fingerprint density at radius 2 is 1.81 bits per heavy atom. The predicted molar refractivity (Wildman–Crippen MR) is 93.9 cm³/mol. The number of ketones is 1. The van der Waals surface area contributed by atoms with Crippen molar-refractivity contribution in [2.45, 2.75) is 11.3 Å². The van der Waals surface area contributed by atoms with Gasteiger partial charge in [-0.05, 0) is 30.3 Å². The fourth-order valence-electron chi connectivity index (χ4n) is 3.10. The van der Waals surface area contributed by atoms with E-state index in [0.717, 1.165) is 0 Å². The third-order valence-electron chi connectivity index (χ3n) is 4.42. The van der Waals surface area contributed by atoms with Crippen LogP contribution in [-0.4, -0.2) is 41.1 Å². The van der Waals surface area contributed by atoms with Gasteiger partial charge in [-0.1, -0.05) is 0 Å². The van der Waals surface area contributed by atoms with Crippen molar-refractivity contribution in [1.29, 1.82) is 0 Å². The van der Waals surface area contributed by atoms with Crippen LogP contribution in [0.4, 0.5) is 5.69 Å². The van der Waals surface area contributed by atoms with E-state index in [4.69, 9.17) is 14.2 Å². The van der Waals surface area contributed by atoms with Gasteiger partial charge in [0, 0.05) is 24.6 Å². The molecule has 26 heavy (non-hydrogen) atoms. The van der Waals surface area contributed by atoms with E-state index in [1.165, 1.54) is 23.5 Å². The van der Waals surface area contributed by atoms with Crippen LogP contribution >= 0.6 is 0 Å². The van der Waals surface area contributed by atoms with E-state index in [-0.39, 0.29) is 23.6 Å². The Labute approximate surface area is 151 Å². The topological polar surface area (TPSA) is 82.1 Å². The molecule has 0 unspecified atom stereocenters. The molecule has 2 aliphatic heterocycles. The summed E-state index contributed by atoms with van der Waals surface area (Å²) in [6, 6.07) is 9.35. The van der Waals surface area contributed by atoms with Crippen molar-refractivity contribution in [3.05, 3.63) is 42.0 Å². The Kier molecular flexibility index (Phi) is 3.99. The summed E-state index contributed by atoms with van der Waals surface area (Å²) in [5.74, 6) is 1.33. The van der Waals surface area contributed by atoms with Crippen molar-refractivity contribution in [3.8, 4) is 17.2 Å². The summed E-state index contributed by atoms with van der Waals surface area (Å²) >= 11 is 0. The number of fused-ring (bicyclic) bond motifs is 2. The second kappa shape index (κ2) is 6.21. The SMILES string of the molecule is COc1ccc2c(c1)C(=O)CCN2S(=O)(=O)c1ccc2c(c1)OCCO2. The van der Waals surface area contributed by atoms with Crippen molar-refractivity contribution in [1.82, 2.24) is 0 Å². The van der Waals surface area contributed by atoms with Crippen molar-refractivity contribution in [3.63, 3.8) is 0 Å². The molecule has 0 amide bonds. The third-order valence-corrected chi connectivity index (χ3v) is 6.23. The number of rotatable bonds is 3. The maximum atomic E-state index is 13.2. The first-order valence-corrected chi connectivity index (χ1v) is 9.58. The Hall–Kier alpha value is -2.74. The molecule has 136 valence electrons. The summed E-state index contributed by atoms with van der Waals surface area (Å²) in [6.07, 6.45) is 0.115. The number of hydrogen-bond acceptors (Lipinski definition) is 6. The predicted octanol–water partition coefficient (Wildman–Crippen LogP) is 2.25. The highest BCUT2D eigenvalue weighted by Crippen LogP contribution is 2.37. The summed E-state index contributed by atoms with van der Waals surface area (Å²) < 4.78 is 43.7. The molecule has 0 aromatic heterocycles. The Morgan fingerprint density at radius 1 is 1.04 bits per heavy atom. The van der Waals surface area contributed by atoms with Crippen molar-refractivity contribution in [2.75, 3.05) is 31.2 Å². The largest absolute Gasteiger partial charge is 0.497 e. The molecule has 7 nitrogen and oxygen atoms in total. The third kappa shape index (κ3) is 2.66. The molecule has 2 heterocycles. The number of ether oxygens (including phenoxy) is 3. The number of nitrogens with zero attached hydrogens (tertiary/aromatic N) is 1. The number of carbonyl (C=O) groups excluding carboxylic acids is 1. The second-order valence-corrected chi connectivity index (χ2v) is 7.80. The highest BCUT2D eigenvalue weighted by Gasteiger charge is 2.33. The van der Waals surface area contributed by atoms with Gasteiger partial charge in [0.15, 0.2) is 17.3 Å². The molecule has 8 heteroatoms. The minimum absolute atomic E-state index is 0.0922. The lowest BCUT2D eigenvalue weighted by Crippen LogP contribution is -2.37. The van der Waals surface area contributed by atoms with Gasteiger partial charge in [-0.3, -0.25) is 9.10 Å². The highest BCUT2D eigenvalue weighted by molar-refractivity contribution is 7.92. The number of Topliss-reactive ketones (excluding diaryl/α,β-unsaturated/α-hetero) is 1. The van der Waals surface area contributed by atoms with Crippen LogP contribution in [-0.2, 0) is 10.0 Å². The fourth-order valence-corrected chi connectivity index (χ4v) is 4.60. The first-order chi connectivity index (χ1) is 12.5. The molecule has 0 saturated carbocycles. The fraction of sp³-hybridized carbons (Fsp3) is 0.278. The number of sulfonamides is 1. The van der Waals surface area contributed by atoms with Crippen LogP contribution < -0.4 is 18.5 Å². The van der Waals surface area contributed by atoms with Crippen LogP contribution in [0.3, 0.4) is 0 Å². The van der Waals surface area contributed by atoms with Gasteiger partial charge in [0.1, 0.15) is 19.0 Å². The van der Waals surface area contributed by atoms with Gasteiger partial charge in [-0.15, -0.1) is 0 Å². The highest BCUT2D eigenvalue weighted by atomic mass is 32.2. The quantitative estimate of drug-likeness (QED) is 0.818. The van der Waals surface area contributed by atoms with E-state index in [9.17, 15) is 13.2 Å². The van der Waals surface area contributed by atoms with Crippen LogP contribution in [0.5, 0.6) is 17.2 Å². The van der Waals surface area contributed by atoms with E-state index in [0.29, 0.717) is 41.7 Å². The number of benzene rings is 2. The number of anilines is 1. The molecule has 2 aliphatic rings. The smallest absolute Gasteiger partial charge is 0.264 e. The molecule has 2 aromatic carbocycles. The molecular formula is C18H17NO6S. The van der Waals surface area contributed by atoms with Crippen molar-refractivity contribution >= 4 is 21.5 Å². The van der Waals surface area contributed by atoms with Crippen LogP contribution in [0.25, 0.3) is 0 Å². The summed E-state index contributed by atoms with van der Waals surface area (Å²) in [7, 11) is -2.35. The standard InChI is InChI=1S/C18H17NO6S/c1-23-12-2-4-15-14(10-12)16(20)6-7-19(15)26(21,22)13-3-5-17-18(11-13)25-9-8-24-17/h2-5,10-11H,6-9H2,1H3. The van der Waals surface area contributed by atoms with Gasteiger partial charge in [0.2, 0.25) is 0 Å². The molecule has 0 bridgehead atoms. The number of methoxy groups -OCH3 is 1. The first-order valence-electron chi connectivity index (χ1n) is 8.14. The Bertz CT molecular complexity index is 985. The summed E-state index contributed by atoms with van der Waals surface area (Å²) in [5, 5.41) is 0. The van der Waals surface area contributed by atoms with Gasteiger partial charge in [-0.2, -0.15) is 0 Å². The maximum Gasteiger partial charge on any atom is 0.264 e. The molecule has 0 spiro atoms. The molecule has 0 N–H and O–H groups in total. The van der Waals surface area contributed by atoms with Gasteiger partial charge < -0.3 is 14.2 Å². The van der Waals surface area contributed by atoms with E-state index in [2.05, 4.69) is 0 Å². The minimum atomic E-state index is -3.85. The second-order valence-electron chi connectivity index (χ2n) is 5.94. The Morgan fingerprint density at radius 3 is 2.58 bits per heavy atom. The van der Waals surface area contributed by atoms with Crippen LogP contribution in [0.2, 0.25) is 0 Å². The molecule has 0 aliphatic carbocycles. The van der Waals surface area contributed by atoms with Crippen LogP contribution in [0, 0.1) is 0 Å². The summed E-state index contributed by atoms with van der Waals surface area (Å²) in [6.45, 7) is 0.898. The monoisotopic (exact) mass is 375 g/mol. The summed E-state index contributed by atoms with van der Waals surface area (Å²) in [4.78, 5) is 12.3. The van der Waals surface area contributed by atoms with Crippen molar-refractivity contribution in [2.24, 2.45) is 0 Å². The minimum Gasteiger partial charge on any atom is -0.497 e. The normalized spacial score (nSPS) is 16.2. The van der Waals surface area contributed by atoms with E-state index in [1.54, 1.807) is 24.3 Å². The molecule has 4 rings (SSSR count). The zero-order chi connectivity index (χ0) is 18.3. The average Bonchev–Trinajstić information content (AvgIpc) is 2.67. The van der Waals surface area contributed by atoms with E-state index >= 15 is 0 Å². The van der Waals surface area contributed by atoms with Gasteiger partial charge in [-0.25, -0.2) is 8.42 Å². The van der Waals surface area contributed by atoms with Gasteiger partial charge >= 0.3 is 0 Å². The lowest BCUT2D eigenvalue weighted by Gasteiger charge is -2.30. The molecule has 0 fully saturated rings. The maximum absolute atomic E-state index is 13.2. The lowest BCUT2D eigenvalue weighted by molar-refractivity contribution is 0.0981. The zero-order valence-electron chi connectivity index (χ0n) is 14.1. The average molecular weight is 375 g/mol. The summed E-state index contributed by atoms with van der Waals surface area (Å²) in [5.41, 5.74) is 0.702. The molecule has 0 radical (unpaired) electrons. The van der Waals surface area contributed by atoms with Gasteiger partial charge in [0.05, 0.1) is 17.7 Å². The first kappa shape index (κ1) is 16.7. The van der Waals surface area contributed by atoms with Crippen molar-refractivity contribution < 1.29 is 27.4 Å². The lowest BCUT2D eigenvalue weighted by atomic mass is 10.0.